The predicted octanol–water partition coefficient (Wildman–Crippen LogP) is 23.6. The standard InChI is InChI=1S/C105H62BN3/c1-2-27-63(28-3-1)64-53-55-65(56-54-64)107-95-58-57-77-73-35-10-22-47-87(73)105(85-45-20-8-33-71(85)72-34-9-21-46-86(72)105)100(77)102(95)106-91-62-90-79(74-36-11-19-44-84(74)104(90)82-42-17-6-31-69(82)70-32-7-18-43-83(70)104)61-96(91)109(98-60-66(59-97(107)101(98)106)108-92-50-24-13-37-75(92)76-38-14-25-51-93(76)108)94-52-26-49-89-99(94)78-39-12-23-48-88(78)103(89)80-40-15-4-29-67(80)68-30-5-16-41-81(68)103/h1-62H. The van der Waals surface area contributed by atoms with Crippen molar-refractivity contribution in [1.29, 1.82) is 0 Å². The maximum Gasteiger partial charge on any atom is 0.252 e. The van der Waals surface area contributed by atoms with Crippen LogP contribution >= 0.6 is 0 Å². The second-order valence-corrected chi connectivity index (χ2v) is 31.0. The largest absolute Gasteiger partial charge is 0.311 e. The Labute approximate surface area is 631 Å². The highest BCUT2D eigenvalue weighted by molar-refractivity contribution is 7.01. The Morgan fingerprint density at radius 2 is 0.606 bits per heavy atom. The molecular weight excluding hydrogens is 1310 g/mol. The van der Waals surface area contributed by atoms with Crippen molar-refractivity contribution in [2.75, 3.05) is 9.80 Å². The molecule has 109 heavy (non-hydrogen) atoms. The average Bonchev–Trinajstić information content (AvgIpc) is 1.51. The molecule has 0 saturated carbocycles. The number of hydrogen-bond acceptors (Lipinski definition) is 2. The summed E-state index contributed by atoms with van der Waals surface area (Å²) in [6, 6.07) is 146. The third kappa shape index (κ3) is 6.92. The van der Waals surface area contributed by atoms with Crippen molar-refractivity contribution in [1.82, 2.24) is 4.57 Å². The summed E-state index contributed by atoms with van der Waals surface area (Å²) in [5.74, 6) is 0. The molecule has 3 spiro atoms. The molecule has 6 aliphatic carbocycles. The monoisotopic (exact) mass is 1380 g/mol. The van der Waals surface area contributed by atoms with E-state index in [-0.39, 0.29) is 6.71 Å². The first-order valence-corrected chi connectivity index (χ1v) is 38.4. The minimum atomic E-state index is -0.713. The number of aromatic nitrogens is 1. The van der Waals surface area contributed by atoms with Gasteiger partial charge in [-0.15, -0.1) is 0 Å². The summed E-state index contributed by atoms with van der Waals surface area (Å²) in [5, 5.41) is 2.44. The van der Waals surface area contributed by atoms with Crippen molar-refractivity contribution in [2.45, 2.75) is 16.2 Å². The van der Waals surface area contributed by atoms with Crippen molar-refractivity contribution in [3.8, 4) is 83.6 Å². The Balaban J connectivity index is 0.869. The van der Waals surface area contributed by atoms with E-state index >= 15 is 0 Å². The lowest BCUT2D eigenvalue weighted by atomic mass is 9.31. The summed E-state index contributed by atoms with van der Waals surface area (Å²) in [4.78, 5) is 5.49. The molecule has 0 bridgehead atoms. The van der Waals surface area contributed by atoms with Gasteiger partial charge in [0.25, 0.3) is 6.71 Å². The summed E-state index contributed by atoms with van der Waals surface area (Å²) in [6.07, 6.45) is 0. The number of fused-ring (bicyclic) bond motifs is 38. The summed E-state index contributed by atoms with van der Waals surface area (Å²) in [7, 11) is 0. The maximum absolute atomic E-state index is 2.80. The van der Waals surface area contributed by atoms with E-state index in [2.05, 4.69) is 390 Å². The second kappa shape index (κ2) is 20.8. The van der Waals surface area contributed by atoms with Gasteiger partial charge in [-0.05, 0) is 210 Å². The first kappa shape index (κ1) is 58.5. The lowest BCUT2D eigenvalue weighted by molar-refractivity contribution is 0.793. The van der Waals surface area contributed by atoms with Crippen LogP contribution in [0.15, 0.2) is 376 Å². The van der Waals surface area contributed by atoms with Gasteiger partial charge >= 0.3 is 0 Å². The fourth-order valence-electron chi connectivity index (χ4n) is 22.9. The lowest BCUT2D eigenvalue weighted by Crippen LogP contribution is -2.63. The zero-order chi connectivity index (χ0) is 70.7. The van der Waals surface area contributed by atoms with E-state index in [9.17, 15) is 0 Å². The van der Waals surface area contributed by atoms with Crippen molar-refractivity contribution in [2.24, 2.45) is 0 Å². The third-order valence-electron chi connectivity index (χ3n) is 26.6. The first-order chi connectivity index (χ1) is 54.1. The van der Waals surface area contributed by atoms with Gasteiger partial charge in [-0.3, -0.25) is 0 Å². The van der Waals surface area contributed by atoms with E-state index < -0.39 is 16.2 Å². The molecule has 18 aromatic rings. The number of nitrogens with zero attached hydrogens (tertiary/aromatic N) is 3. The van der Waals surface area contributed by atoms with Gasteiger partial charge in [0.1, 0.15) is 0 Å². The molecule has 0 saturated heterocycles. The Morgan fingerprint density at radius 1 is 0.211 bits per heavy atom. The minimum absolute atomic E-state index is 0.346. The number of para-hydroxylation sites is 2. The fraction of sp³-hybridized carbons (Fsp3) is 0.0286. The van der Waals surface area contributed by atoms with Crippen LogP contribution in [0.2, 0.25) is 0 Å². The SMILES string of the molecule is c1ccc(-c2ccc(N3c4cc(-n5c6ccccc6c6ccccc65)cc5c4B(c4cc6c(cc4N5c4cccc5c4-c4ccccc4C54c5ccccc5-c5ccccc54)-c4ccccc4C64c5ccccc5-c5ccccc54)c4c3ccc3c4C4(c5ccccc5-c5ccccc54)c4ccccc4-3)cc2)cc1. The highest BCUT2D eigenvalue weighted by Crippen LogP contribution is 2.69. The van der Waals surface area contributed by atoms with Gasteiger partial charge in [-0.25, -0.2) is 0 Å². The Kier molecular flexibility index (Phi) is 11.2. The average molecular weight is 1380 g/mol. The molecule has 2 aliphatic heterocycles. The normalized spacial score (nSPS) is 15.0. The molecule has 0 fully saturated rings. The van der Waals surface area contributed by atoms with Crippen molar-refractivity contribution in [3.63, 3.8) is 0 Å². The van der Waals surface area contributed by atoms with E-state index in [1.54, 1.807) is 0 Å². The van der Waals surface area contributed by atoms with Crippen molar-refractivity contribution < 1.29 is 0 Å². The van der Waals surface area contributed by atoms with Gasteiger partial charge in [0.2, 0.25) is 0 Å². The van der Waals surface area contributed by atoms with Crippen LogP contribution < -0.4 is 26.2 Å². The topological polar surface area (TPSA) is 11.4 Å². The summed E-state index contributed by atoms with van der Waals surface area (Å²) in [5.41, 5.74) is 45.8. The molecule has 500 valence electrons. The predicted molar refractivity (Wildman–Crippen MR) is 449 cm³/mol. The van der Waals surface area contributed by atoms with E-state index in [4.69, 9.17) is 0 Å². The highest BCUT2D eigenvalue weighted by atomic mass is 15.2. The van der Waals surface area contributed by atoms with Crippen LogP contribution in [0, 0.1) is 0 Å². The van der Waals surface area contributed by atoms with Crippen LogP contribution in [0.3, 0.4) is 0 Å². The number of hydrogen-bond donors (Lipinski definition) is 0. The van der Waals surface area contributed by atoms with Crippen LogP contribution in [0.5, 0.6) is 0 Å². The van der Waals surface area contributed by atoms with Gasteiger partial charge in [0.15, 0.2) is 0 Å². The fourth-order valence-corrected chi connectivity index (χ4v) is 22.9. The van der Waals surface area contributed by atoms with Crippen molar-refractivity contribution in [3.05, 3.63) is 443 Å². The lowest BCUT2D eigenvalue weighted by Gasteiger charge is -2.47. The molecule has 0 atom stereocenters. The molecule has 0 amide bonds. The van der Waals surface area contributed by atoms with Crippen LogP contribution in [0.1, 0.15) is 66.8 Å². The highest BCUT2D eigenvalue weighted by Gasteiger charge is 2.60. The zero-order valence-electron chi connectivity index (χ0n) is 59.2. The molecule has 0 N–H and O–H groups in total. The molecule has 0 unspecified atom stereocenters. The maximum atomic E-state index is 2.80. The van der Waals surface area contributed by atoms with Gasteiger partial charge in [-0.1, -0.05) is 322 Å². The summed E-state index contributed by atoms with van der Waals surface area (Å²) in [6.45, 7) is -0.346. The molecule has 17 aromatic carbocycles. The molecule has 1 aromatic heterocycles. The molecular formula is C105H62BN3. The number of rotatable bonds is 4. The van der Waals surface area contributed by atoms with Crippen LogP contribution in [-0.4, -0.2) is 11.3 Å². The molecule has 3 heterocycles. The molecule has 4 heteroatoms. The van der Waals surface area contributed by atoms with Crippen LogP contribution in [-0.2, 0) is 16.2 Å². The quantitative estimate of drug-likeness (QED) is 0.163. The van der Waals surface area contributed by atoms with Gasteiger partial charge in [0.05, 0.1) is 38.7 Å². The smallest absolute Gasteiger partial charge is 0.252 e. The summed E-state index contributed by atoms with van der Waals surface area (Å²) >= 11 is 0. The molecule has 3 nitrogen and oxygen atoms in total. The van der Waals surface area contributed by atoms with E-state index in [0.717, 1.165) is 39.5 Å². The van der Waals surface area contributed by atoms with E-state index in [1.165, 1.54) is 183 Å². The first-order valence-electron chi connectivity index (χ1n) is 38.4. The molecule has 0 radical (unpaired) electrons. The second-order valence-electron chi connectivity index (χ2n) is 31.0. The van der Waals surface area contributed by atoms with Crippen LogP contribution in [0.25, 0.3) is 105 Å². The Bertz CT molecular complexity index is 6950. The minimum Gasteiger partial charge on any atom is -0.311 e. The third-order valence-corrected chi connectivity index (χ3v) is 26.6. The Morgan fingerprint density at radius 3 is 1.12 bits per heavy atom. The van der Waals surface area contributed by atoms with Crippen LogP contribution in [0.4, 0.5) is 34.1 Å². The van der Waals surface area contributed by atoms with Crippen molar-refractivity contribution >= 4 is 79.0 Å². The molecule has 26 rings (SSSR count). The van der Waals surface area contributed by atoms with Gasteiger partial charge < -0.3 is 14.4 Å². The molecule has 8 aliphatic rings. The zero-order valence-corrected chi connectivity index (χ0v) is 59.2. The number of anilines is 6. The van der Waals surface area contributed by atoms with E-state index in [0.29, 0.717) is 0 Å². The van der Waals surface area contributed by atoms with Gasteiger partial charge in [0, 0.05) is 44.8 Å². The number of benzene rings is 17. The summed E-state index contributed by atoms with van der Waals surface area (Å²) < 4.78 is 2.57. The van der Waals surface area contributed by atoms with E-state index in [1.807, 2.05) is 0 Å². The van der Waals surface area contributed by atoms with Gasteiger partial charge in [-0.2, -0.15) is 0 Å². The Hall–Kier alpha value is -13.8.